The minimum absolute atomic E-state index is 0.405. The van der Waals surface area contributed by atoms with Crippen LogP contribution in [-0.4, -0.2) is 4.99 Å². The summed E-state index contributed by atoms with van der Waals surface area (Å²) in [6.45, 7) is 5.07. The van der Waals surface area contributed by atoms with E-state index in [1.807, 2.05) is 29.5 Å². The molecule has 0 aliphatic rings. The molecule has 0 radical (unpaired) electrons. The fraction of sp³-hybridized carbons (Fsp3) is 0.214. The van der Waals surface area contributed by atoms with Crippen LogP contribution in [0.5, 0.6) is 0 Å². The van der Waals surface area contributed by atoms with Gasteiger partial charge in [-0.25, -0.2) is 0 Å². The minimum Gasteiger partial charge on any atom is -0.389 e. The Hall–Kier alpha value is -0.910. The Morgan fingerprint density at radius 2 is 2.11 bits per heavy atom. The van der Waals surface area contributed by atoms with Gasteiger partial charge in [-0.15, -0.1) is 11.3 Å². The van der Waals surface area contributed by atoms with Gasteiger partial charge in [-0.1, -0.05) is 28.1 Å². The fourth-order valence-electron chi connectivity index (χ4n) is 1.79. The first kappa shape index (κ1) is 14.5. The molecule has 100 valence electrons. The van der Waals surface area contributed by atoms with Gasteiger partial charge in [-0.05, 0) is 43.7 Å². The molecule has 0 bridgehead atoms. The smallest absolute Gasteiger partial charge is 0.106 e. The summed E-state index contributed by atoms with van der Waals surface area (Å²) >= 11 is 10.3. The van der Waals surface area contributed by atoms with Crippen LogP contribution < -0.4 is 11.1 Å². The van der Waals surface area contributed by atoms with Gasteiger partial charge in [-0.2, -0.15) is 0 Å². The molecule has 0 aliphatic heterocycles. The molecule has 1 heterocycles. The maximum atomic E-state index is 5.75. The molecule has 0 unspecified atom stereocenters. The Bertz CT molecular complexity index is 600. The molecule has 2 aromatic rings. The fourth-order valence-corrected chi connectivity index (χ4v) is 3.32. The largest absolute Gasteiger partial charge is 0.389 e. The number of nitrogens with two attached hydrogens (primary N) is 1. The highest BCUT2D eigenvalue weighted by Gasteiger charge is 2.07. The van der Waals surface area contributed by atoms with Crippen molar-refractivity contribution in [3.05, 3.63) is 49.6 Å². The van der Waals surface area contributed by atoms with E-state index in [1.165, 1.54) is 15.3 Å². The summed E-state index contributed by atoms with van der Waals surface area (Å²) in [4.78, 5) is 3.08. The predicted molar refractivity (Wildman–Crippen MR) is 91.1 cm³/mol. The molecule has 0 amide bonds. The van der Waals surface area contributed by atoms with Crippen LogP contribution in [0.2, 0.25) is 0 Å². The molecule has 0 saturated heterocycles. The van der Waals surface area contributed by atoms with E-state index in [4.69, 9.17) is 18.0 Å². The van der Waals surface area contributed by atoms with Crippen molar-refractivity contribution >= 4 is 50.2 Å². The molecule has 3 N–H and O–H groups in total. The predicted octanol–water partition coefficient (Wildman–Crippen LogP) is 4.37. The molecule has 1 aromatic heterocycles. The Morgan fingerprint density at radius 3 is 2.68 bits per heavy atom. The molecule has 1 aromatic carbocycles. The van der Waals surface area contributed by atoms with Crippen LogP contribution >= 0.6 is 39.5 Å². The van der Waals surface area contributed by atoms with Gasteiger partial charge in [0.05, 0.1) is 0 Å². The van der Waals surface area contributed by atoms with Gasteiger partial charge in [0.15, 0.2) is 0 Å². The maximum absolute atomic E-state index is 5.75. The number of benzene rings is 1. The van der Waals surface area contributed by atoms with Gasteiger partial charge in [-0.3, -0.25) is 0 Å². The number of anilines is 1. The summed E-state index contributed by atoms with van der Waals surface area (Å²) < 4.78 is 0.976. The van der Waals surface area contributed by atoms with Crippen molar-refractivity contribution in [2.75, 3.05) is 5.32 Å². The second kappa shape index (κ2) is 6.03. The Balaban J connectivity index is 2.17. The standard InChI is InChI=1S/C14H15BrN2S2/c1-8-5-11(19-9(8)2)7-17-13-4-3-10(15)6-12(13)14(16)18/h3-6,17H,7H2,1-2H3,(H2,16,18). The number of nitrogens with one attached hydrogen (secondary N) is 1. The third-order valence-corrected chi connectivity index (χ3v) is 4.78. The van der Waals surface area contributed by atoms with Gasteiger partial charge in [0.25, 0.3) is 0 Å². The molecule has 0 atom stereocenters. The average Bonchev–Trinajstić information content (AvgIpc) is 2.67. The second-order valence-corrected chi connectivity index (χ2v) is 7.06. The Labute approximate surface area is 131 Å². The van der Waals surface area contributed by atoms with Crippen molar-refractivity contribution in [3.63, 3.8) is 0 Å². The number of hydrogen-bond donors (Lipinski definition) is 2. The number of aryl methyl sites for hydroxylation is 2. The highest BCUT2D eigenvalue weighted by atomic mass is 79.9. The van der Waals surface area contributed by atoms with Crippen LogP contribution in [0.15, 0.2) is 28.7 Å². The van der Waals surface area contributed by atoms with Crippen LogP contribution in [-0.2, 0) is 6.54 Å². The number of thiocarbonyl (C=S) groups is 1. The topological polar surface area (TPSA) is 38.0 Å². The van der Waals surface area contributed by atoms with Crippen molar-refractivity contribution in [2.45, 2.75) is 20.4 Å². The lowest BCUT2D eigenvalue weighted by atomic mass is 10.1. The summed E-state index contributed by atoms with van der Waals surface area (Å²) in [5, 5.41) is 3.40. The number of halogens is 1. The van der Waals surface area contributed by atoms with Crippen LogP contribution in [0.3, 0.4) is 0 Å². The first-order chi connectivity index (χ1) is 8.97. The molecule has 0 saturated carbocycles. The third kappa shape index (κ3) is 3.55. The monoisotopic (exact) mass is 354 g/mol. The van der Waals surface area contributed by atoms with Crippen molar-refractivity contribution in [2.24, 2.45) is 5.73 Å². The highest BCUT2D eigenvalue weighted by molar-refractivity contribution is 9.10. The van der Waals surface area contributed by atoms with Crippen molar-refractivity contribution in [1.82, 2.24) is 0 Å². The van der Waals surface area contributed by atoms with E-state index in [9.17, 15) is 0 Å². The van der Waals surface area contributed by atoms with E-state index in [-0.39, 0.29) is 0 Å². The van der Waals surface area contributed by atoms with E-state index in [0.717, 1.165) is 22.3 Å². The summed E-state index contributed by atoms with van der Waals surface area (Å²) in [7, 11) is 0. The summed E-state index contributed by atoms with van der Waals surface area (Å²) in [6, 6.07) is 8.13. The maximum Gasteiger partial charge on any atom is 0.106 e. The summed E-state index contributed by atoms with van der Waals surface area (Å²) in [6.07, 6.45) is 0. The number of rotatable bonds is 4. The molecule has 5 heteroatoms. The van der Waals surface area contributed by atoms with Gasteiger partial charge in [0.2, 0.25) is 0 Å². The molecule has 0 fully saturated rings. The second-order valence-electron chi connectivity index (χ2n) is 4.36. The quantitative estimate of drug-likeness (QED) is 0.800. The number of hydrogen-bond acceptors (Lipinski definition) is 3. The third-order valence-electron chi connectivity index (χ3n) is 2.92. The number of thiophene rings is 1. The van der Waals surface area contributed by atoms with E-state index >= 15 is 0 Å². The molecule has 0 aliphatic carbocycles. The van der Waals surface area contributed by atoms with E-state index in [1.54, 1.807) is 0 Å². The van der Waals surface area contributed by atoms with Crippen LogP contribution in [0.4, 0.5) is 5.69 Å². The van der Waals surface area contributed by atoms with E-state index < -0.39 is 0 Å². The first-order valence-electron chi connectivity index (χ1n) is 5.86. The van der Waals surface area contributed by atoms with Crippen LogP contribution in [0.25, 0.3) is 0 Å². The Kier molecular flexibility index (Phi) is 4.60. The molecular weight excluding hydrogens is 340 g/mol. The lowest BCUT2D eigenvalue weighted by Gasteiger charge is -2.10. The molecule has 0 spiro atoms. The first-order valence-corrected chi connectivity index (χ1v) is 7.88. The highest BCUT2D eigenvalue weighted by Crippen LogP contribution is 2.24. The zero-order chi connectivity index (χ0) is 14.0. The SMILES string of the molecule is Cc1cc(CNc2ccc(Br)cc2C(N)=S)sc1C. The average molecular weight is 355 g/mol. The van der Waals surface area contributed by atoms with Crippen LogP contribution in [0.1, 0.15) is 20.9 Å². The van der Waals surface area contributed by atoms with Crippen molar-refractivity contribution < 1.29 is 0 Å². The summed E-state index contributed by atoms with van der Waals surface area (Å²) in [5.41, 5.74) is 8.94. The van der Waals surface area contributed by atoms with Gasteiger partial charge in [0, 0.05) is 32.0 Å². The lowest BCUT2D eigenvalue weighted by molar-refractivity contribution is 1.18. The molecular formula is C14H15BrN2S2. The van der Waals surface area contributed by atoms with Crippen molar-refractivity contribution in [3.8, 4) is 0 Å². The lowest BCUT2D eigenvalue weighted by Crippen LogP contribution is -2.13. The van der Waals surface area contributed by atoms with Crippen molar-refractivity contribution in [1.29, 1.82) is 0 Å². The van der Waals surface area contributed by atoms with Gasteiger partial charge < -0.3 is 11.1 Å². The van der Waals surface area contributed by atoms with Gasteiger partial charge >= 0.3 is 0 Å². The normalized spacial score (nSPS) is 10.5. The summed E-state index contributed by atoms with van der Waals surface area (Å²) in [5.74, 6) is 0. The molecule has 2 rings (SSSR count). The zero-order valence-electron chi connectivity index (χ0n) is 10.8. The minimum atomic E-state index is 0.405. The zero-order valence-corrected chi connectivity index (χ0v) is 14.0. The van der Waals surface area contributed by atoms with E-state index in [0.29, 0.717) is 4.99 Å². The van der Waals surface area contributed by atoms with Gasteiger partial charge in [0.1, 0.15) is 4.99 Å². The van der Waals surface area contributed by atoms with E-state index in [2.05, 4.69) is 41.2 Å². The Morgan fingerprint density at radius 1 is 1.37 bits per heavy atom. The molecule has 2 nitrogen and oxygen atoms in total. The van der Waals surface area contributed by atoms with Crippen LogP contribution in [0, 0.1) is 13.8 Å². The molecule has 19 heavy (non-hydrogen) atoms.